The van der Waals surface area contributed by atoms with Gasteiger partial charge in [-0.3, -0.25) is 24.4 Å². The van der Waals surface area contributed by atoms with Crippen LogP contribution in [0.25, 0.3) is 0 Å². The number of rotatable bonds is 6. The molecule has 0 unspecified atom stereocenters. The molecule has 3 aromatic rings. The molecule has 2 aromatic carbocycles. The minimum Gasteiger partial charge on any atom is -0.507 e. The zero-order valence-electron chi connectivity index (χ0n) is 22.6. The van der Waals surface area contributed by atoms with Crippen LogP contribution in [0.3, 0.4) is 0 Å². The van der Waals surface area contributed by atoms with Crippen molar-refractivity contribution in [1.29, 1.82) is 0 Å². The van der Waals surface area contributed by atoms with Crippen molar-refractivity contribution in [3.8, 4) is 11.5 Å². The van der Waals surface area contributed by atoms with E-state index < -0.39 is 11.8 Å². The van der Waals surface area contributed by atoms with Gasteiger partial charge in [-0.25, -0.2) is 0 Å². The minimum atomic E-state index is -0.651. The Labute approximate surface area is 229 Å². The second-order valence-electron chi connectivity index (χ2n) is 10.4. The highest BCUT2D eigenvalue weighted by Gasteiger charge is 2.19. The molecule has 0 radical (unpaired) electrons. The van der Waals surface area contributed by atoms with E-state index in [9.17, 15) is 19.8 Å². The molecule has 2 heterocycles. The number of hydrogen-bond acceptors (Lipinski definition) is 7. The summed E-state index contributed by atoms with van der Waals surface area (Å²) < 4.78 is 0. The van der Waals surface area contributed by atoms with Gasteiger partial charge in [-0.15, -0.1) is 0 Å². The Hall–Kier alpha value is -3.95. The third-order valence-electron chi connectivity index (χ3n) is 7.17. The molecule has 39 heavy (non-hydrogen) atoms. The largest absolute Gasteiger partial charge is 0.507 e. The average molecular weight is 532 g/mol. The Morgan fingerprint density at radius 3 is 1.62 bits per heavy atom. The fourth-order valence-electron chi connectivity index (χ4n) is 5.22. The molecule has 2 amide bonds. The highest BCUT2D eigenvalue weighted by molar-refractivity contribution is 5.96. The average Bonchev–Trinajstić information content (AvgIpc) is 2.88. The second-order valence-corrected chi connectivity index (χ2v) is 10.4. The van der Waals surface area contributed by atoms with Gasteiger partial charge in [-0.05, 0) is 68.8 Å². The van der Waals surface area contributed by atoms with Gasteiger partial charge in [0.05, 0.1) is 11.1 Å². The molecule has 0 aliphatic carbocycles. The van der Waals surface area contributed by atoms with E-state index in [1.54, 1.807) is 12.1 Å². The van der Waals surface area contributed by atoms with Gasteiger partial charge in [-0.2, -0.15) is 0 Å². The van der Waals surface area contributed by atoms with E-state index in [1.807, 2.05) is 44.2 Å². The number of phenols is 2. The lowest BCUT2D eigenvalue weighted by molar-refractivity contribution is 0.0988. The number of carbonyl (C=O) groups is 2. The monoisotopic (exact) mass is 531 g/mol. The molecule has 0 saturated carbocycles. The molecule has 2 bridgehead atoms. The number of benzene rings is 2. The van der Waals surface area contributed by atoms with Crippen molar-refractivity contribution in [2.75, 3.05) is 26.2 Å². The van der Waals surface area contributed by atoms with E-state index >= 15 is 0 Å². The number of aryl methyl sites for hydroxylation is 2. The molecular formula is C30H37N5O4. The summed E-state index contributed by atoms with van der Waals surface area (Å²) in [6.07, 6.45) is 2.37. The van der Waals surface area contributed by atoms with Crippen LogP contribution < -0.4 is 11.5 Å². The maximum Gasteiger partial charge on any atom is 0.252 e. The molecule has 6 N–H and O–H groups in total. The van der Waals surface area contributed by atoms with Crippen LogP contribution in [0.15, 0.2) is 42.5 Å². The van der Waals surface area contributed by atoms with Crippen molar-refractivity contribution in [1.82, 2.24) is 14.8 Å². The van der Waals surface area contributed by atoms with Gasteiger partial charge in [0.15, 0.2) is 0 Å². The van der Waals surface area contributed by atoms with Crippen LogP contribution >= 0.6 is 0 Å². The lowest BCUT2D eigenvalue weighted by Crippen LogP contribution is -2.33. The number of aromatic nitrogens is 1. The standard InChI is InChI=1S/C30H37N5O4/c1-19-13-21(27(36)25(15-19)29(31)38)17-34-9-4-10-35(12-8-24-6-3-5-23(33-24)7-11-34)18-22-14-20(2)16-26(28(22)37)30(32)39/h3,5-6,13-16,36-37H,4,7-12,17-18H2,1-2H3,(H2,31,38)(H2,32,39). The highest BCUT2D eigenvalue weighted by atomic mass is 16.3. The van der Waals surface area contributed by atoms with Gasteiger partial charge in [0, 0.05) is 61.5 Å². The third kappa shape index (κ3) is 7.13. The summed E-state index contributed by atoms with van der Waals surface area (Å²) in [5.41, 5.74) is 16.3. The van der Waals surface area contributed by atoms with Gasteiger partial charge >= 0.3 is 0 Å². The third-order valence-corrected chi connectivity index (χ3v) is 7.17. The van der Waals surface area contributed by atoms with Gasteiger partial charge in [0.1, 0.15) is 11.5 Å². The molecule has 9 nitrogen and oxygen atoms in total. The Morgan fingerprint density at radius 2 is 1.21 bits per heavy atom. The zero-order valence-corrected chi connectivity index (χ0v) is 22.6. The van der Waals surface area contributed by atoms with Crippen LogP contribution in [0, 0.1) is 13.8 Å². The predicted molar refractivity (Wildman–Crippen MR) is 150 cm³/mol. The Bertz CT molecular complexity index is 1270. The number of carbonyl (C=O) groups excluding carboxylic acids is 2. The Balaban J connectivity index is 1.58. The van der Waals surface area contributed by atoms with Crippen LogP contribution in [0.1, 0.15) is 60.8 Å². The summed E-state index contributed by atoms with van der Waals surface area (Å²) in [7, 11) is 0. The first-order valence-electron chi connectivity index (χ1n) is 13.2. The van der Waals surface area contributed by atoms with Crippen molar-refractivity contribution in [2.45, 2.75) is 46.2 Å². The lowest BCUT2D eigenvalue weighted by atomic mass is 10.0. The molecular weight excluding hydrogens is 494 g/mol. The number of aromatic hydroxyl groups is 2. The number of fused-ring (bicyclic) bond motifs is 2. The summed E-state index contributed by atoms with van der Waals surface area (Å²) in [5.74, 6) is -1.44. The van der Waals surface area contributed by atoms with Gasteiger partial charge in [-0.1, -0.05) is 18.2 Å². The number of hydrogen-bond donors (Lipinski definition) is 4. The Morgan fingerprint density at radius 1 is 0.769 bits per heavy atom. The normalized spacial score (nSPS) is 15.3. The topological polar surface area (TPSA) is 146 Å². The van der Waals surface area contributed by atoms with E-state index in [4.69, 9.17) is 16.5 Å². The van der Waals surface area contributed by atoms with Crippen molar-refractivity contribution in [3.63, 3.8) is 0 Å². The molecule has 0 spiro atoms. The number of amides is 2. The van der Waals surface area contributed by atoms with E-state index in [2.05, 4.69) is 9.80 Å². The fraction of sp³-hybridized carbons (Fsp3) is 0.367. The number of pyridine rings is 1. The van der Waals surface area contributed by atoms with Crippen molar-refractivity contribution in [2.24, 2.45) is 11.5 Å². The molecule has 0 atom stereocenters. The van der Waals surface area contributed by atoms with Crippen molar-refractivity contribution < 1.29 is 19.8 Å². The van der Waals surface area contributed by atoms with Crippen LogP contribution in [-0.2, 0) is 25.9 Å². The number of nitrogens with zero attached hydrogens (tertiary/aromatic N) is 3. The highest BCUT2D eigenvalue weighted by Crippen LogP contribution is 2.27. The smallest absolute Gasteiger partial charge is 0.252 e. The number of nitrogens with two attached hydrogens (primary N) is 2. The predicted octanol–water partition coefficient (Wildman–Crippen LogP) is 2.80. The van der Waals surface area contributed by atoms with Gasteiger partial charge in [0.2, 0.25) is 0 Å². The van der Waals surface area contributed by atoms with Gasteiger partial charge < -0.3 is 21.7 Å². The van der Waals surface area contributed by atoms with Crippen LogP contribution in [0.2, 0.25) is 0 Å². The van der Waals surface area contributed by atoms with E-state index in [0.29, 0.717) is 24.2 Å². The molecule has 9 heteroatoms. The van der Waals surface area contributed by atoms with E-state index in [0.717, 1.165) is 68.0 Å². The molecule has 1 aromatic heterocycles. The lowest BCUT2D eigenvalue weighted by Gasteiger charge is -2.28. The first-order valence-corrected chi connectivity index (χ1v) is 13.2. The van der Waals surface area contributed by atoms with Gasteiger partial charge in [0.25, 0.3) is 11.8 Å². The number of primary amides is 2. The zero-order chi connectivity index (χ0) is 28.1. The van der Waals surface area contributed by atoms with Crippen LogP contribution in [-0.4, -0.2) is 63.0 Å². The van der Waals surface area contributed by atoms with Crippen LogP contribution in [0.4, 0.5) is 0 Å². The van der Waals surface area contributed by atoms with E-state index in [-0.39, 0.29) is 22.6 Å². The SMILES string of the molecule is Cc1cc(CN2CCCN(Cc3cc(C)cc(C(N)=O)c3O)CCc3cccc(n3)CC2)c(O)c(C(N)=O)c1. The second kappa shape index (κ2) is 12.3. The first-order chi connectivity index (χ1) is 18.6. The first kappa shape index (κ1) is 28.1. The fourth-order valence-corrected chi connectivity index (χ4v) is 5.22. The Kier molecular flexibility index (Phi) is 8.83. The molecule has 0 saturated heterocycles. The van der Waals surface area contributed by atoms with Crippen LogP contribution in [0.5, 0.6) is 11.5 Å². The summed E-state index contributed by atoms with van der Waals surface area (Å²) in [6, 6.07) is 13.1. The maximum atomic E-state index is 11.9. The molecule has 1 aliphatic rings. The maximum absolute atomic E-state index is 11.9. The minimum absolute atomic E-state index is 0.0684. The van der Waals surface area contributed by atoms with Crippen molar-refractivity contribution >= 4 is 11.8 Å². The molecule has 4 rings (SSSR count). The summed E-state index contributed by atoms with van der Waals surface area (Å²) in [5, 5.41) is 21.5. The van der Waals surface area contributed by atoms with Crippen molar-refractivity contribution in [3.05, 3.63) is 87.2 Å². The summed E-state index contributed by atoms with van der Waals surface area (Å²) in [4.78, 5) is 33.1. The summed E-state index contributed by atoms with van der Waals surface area (Å²) in [6.45, 7) is 7.66. The molecule has 206 valence electrons. The van der Waals surface area contributed by atoms with E-state index in [1.165, 1.54) is 0 Å². The molecule has 1 aliphatic heterocycles. The molecule has 0 fully saturated rings. The summed E-state index contributed by atoms with van der Waals surface area (Å²) >= 11 is 0. The quantitative estimate of drug-likeness (QED) is 0.383.